The zero-order valence-corrected chi connectivity index (χ0v) is 17.7. The monoisotopic (exact) mass is 417 g/mol. The Labute approximate surface area is 186 Å². The van der Waals surface area contributed by atoms with Crippen molar-refractivity contribution in [3.63, 3.8) is 0 Å². The number of carbonyl (C=O) groups is 1. The van der Waals surface area contributed by atoms with E-state index in [1.165, 1.54) is 5.56 Å². The van der Waals surface area contributed by atoms with Gasteiger partial charge in [-0.1, -0.05) is 96.6 Å². The molecule has 0 fully saturated rings. The largest absolute Gasteiger partial charge is 0.308 e. The molecule has 0 aliphatic heterocycles. The van der Waals surface area contributed by atoms with Crippen LogP contribution in [0.2, 0.25) is 0 Å². The van der Waals surface area contributed by atoms with E-state index in [0.717, 1.165) is 33.2 Å². The summed E-state index contributed by atoms with van der Waals surface area (Å²) in [6, 6.07) is 34.2. The molecule has 156 valence electrons. The average Bonchev–Trinajstić information content (AvgIpc) is 3.23. The fourth-order valence-electron chi connectivity index (χ4n) is 4.02. The van der Waals surface area contributed by atoms with Crippen LogP contribution < -0.4 is 5.32 Å². The van der Waals surface area contributed by atoms with Gasteiger partial charge in [0.2, 0.25) is 5.91 Å². The molecule has 32 heavy (non-hydrogen) atoms. The van der Waals surface area contributed by atoms with E-state index in [-0.39, 0.29) is 5.91 Å². The lowest BCUT2D eigenvalue weighted by Gasteiger charge is -2.17. The number of rotatable bonds is 5. The van der Waals surface area contributed by atoms with Crippen LogP contribution in [-0.2, 0) is 4.79 Å². The molecule has 4 heteroatoms. The molecule has 1 aromatic heterocycles. The Morgan fingerprint density at radius 3 is 2.00 bits per heavy atom. The van der Waals surface area contributed by atoms with Crippen molar-refractivity contribution in [2.24, 2.45) is 0 Å². The molecule has 1 amide bonds. The molecular formula is C28H23N3O. The number of H-pyrrole nitrogens is 1. The SMILES string of the molecule is Cc1ccc(-c2ccc3c(NC(=O)C(c4ccccc4)c4ccccc4)n[nH]c3c2)cc1. The first-order chi connectivity index (χ1) is 15.7. The van der Waals surface area contributed by atoms with Crippen LogP contribution in [0.15, 0.2) is 103 Å². The Morgan fingerprint density at radius 1 is 0.781 bits per heavy atom. The second kappa shape index (κ2) is 8.52. The Hall–Kier alpha value is -4.18. The molecule has 4 aromatic carbocycles. The number of aromatic nitrogens is 2. The number of carbonyl (C=O) groups excluding carboxylic acids is 1. The lowest BCUT2D eigenvalue weighted by molar-refractivity contribution is -0.116. The van der Waals surface area contributed by atoms with E-state index in [9.17, 15) is 4.79 Å². The van der Waals surface area contributed by atoms with Crippen LogP contribution in [0.1, 0.15) is 22.6 Å². The highest BCUT2D eigenvalue weighted by molar-refractivity contribution is 6.04. The number of hydrogen-bond donors (Lipinski definition) is 2. The van der Waals surface area contributed by atoms with Crippen molar-refractivity contribution in [1.29, 1.82) is 0 Å². The maximum atomic E-state index is 13.4. The first-order valence-electron chi connectivity index (χ1n) is 10.6. The second-order valence-electron chi connectivity index (χ2n) is 7.94. The van der Waals surface area contributed by atoms with Crippen LogP contribution in [0.3, 0.4) is 0 Å². The van der Waals surface area contributed by atoms with Gasteiger partial charge < -0.3 is 5.32 Å². The number of nitrogens with one attached hydrogen (secondary N) is 2. The van der Waals surface area contributed by atoms with Gasteiger partial charge in [-0.25, -0.2) is 0 Å². The maximum Gasteiger partial charge on any atom is 0.237 e. The Morgan fingerprint density at radius 2 is 1.38 bits per heavy atom. The minimum Gasteiger partial charge on any atom is -0.308 e. The van der Waals surface area contributed by atoms with Crippen LogP contribution in [0.5, 0.6) is 0 Å². The number of benzene rings is 4. The molecule has 0 atom stereocenters. The van der Waals surface area contributed by atoms with Crippen molar-refractivity contribution in [3.05, 3.63) is 120 Å². The highest BCUT2D eigenvalue weighted by atomic mass is 16.2. The topological polar surface area (TPSA) is 57.8 Å². The Bertz CT molecular complexity index is 1320. The van der Waals surface area contributed by atoms with Gasteiger partial charge in [-0.05, 0) is 41.3 Å². The summed E-state index contributed by atoms with van der Waals surface area (Å²) in [5.74, 6) is 0.00621. The highest BCUT2D eigenvalue weighted by Gasteiger charge is 2.24. The summed E-state index contributed by atoms with van der Waals surface area (Å²) in [6.07, 6.45) is 0. The zero-order valence-electron chi connectivity index (χ0n) is 17.7. The van der Waals surface area contributed by atoms with Gasteiger partial charge in [0.15, 0.2) is 5.82 Å². The number of hydrogen-bond acceptors (Lipinski definition) is 2. The first-order valence-corrected chi connectivity index (χ1v) is 10.6. The zero-order chi connectivity index (χ0) is 21.9. The summed E-state index contributed by atoms with van der Waals surface area (Å²) < 4.78 is 0. The van der Waals surface area contributed by atoms with Crippen LogP contribution in [0, 0.1) is 6.92 Å². The van der Waals surface area contributed by atoms with Crippen molar-refractivity contribution >= 4 is 22.6 Å². The van der Waals surface area contributed by atoms with Gasteiger partial charge in [0.05, 0.1) is 11.4 Å². The summed E-state index contributed by atoms with van der Waals surface area (Å²) in [5, 5.41) is 11.4. The molecule has 0 saturated carbocycles. The van der Waals surface area contributed by atoms with Crippen LogP contribution in [0.25, 0.3) is 22.0 Å². The number of amides is 1. The maximum absolute atomic E-state index is 13.4. The van der Waals surface area contributed by atoms with Crippen molar-refractivity contribution in [3.8, 4) is 11.1 Å². The normalized spacial score (nSPS) is 11.1. The fourth-order valence-corrected chi connectivity index (χ4v) is 4.02. The summed E-state index contributed by atoms with van der Waals surface area (Å²) in [6.45, 7) is 2.08. The number of fused-ring (bicyclic) bond motifs is 1. The molecule has 0 aliphatic rings. The summed E-state index contributed by atoms with van der Waals surface area (Å²) in [5.41, 5.74) is 6.24. The average molecular weight is 418 g/mol. The molecule has 0 bridgehead atoms. The van der Waals surface area contributed by atoms with Crippen molar-refractivity contribution in [2.75, 3.05) is 5.32 Å². The van der Waals surface area contributed by atoms with E-state index < -0.39 is 5.92 Å². The third-order valence-corrected chi connectivity index (χ3v) is 5.72. The van der Waals surface area contributed by atoms with E-state index in [2.05, 4.69) is 58.8 Å². The van der Waals surface area contributed by atoms with Gasteiger partial charge in [-0.3, -0.25) is 9.89 Å². The molecule has 4 nitrogen and oxygen atoms in total. The van der Waals surface area contributed by atoms with E-state index in [1.54, 1.807) is 0 Å². The number of nitrogens with zero attached hydrogens (tertiary/aromatic N) is 1. The molecule has 2 N–H and O–H groups in total. The quantitative estimate of drug-likeness (QED) is 0.352. The molecule has 1 heterocycles. The third-order valence-electron chi connectivity index (χ3n) is 5.72. The lowest BCUT2D eigenvalue weighted by Crippen LogP contribution is -2.22. The summed E-state index contributed by atoms with van der Waals surface area (Å²) >= 11 is 0. The number of anilines is 1. The van der Waals surface area contributed by atoms with Gasteiger partial charge in [-0.15, -0.1) is 0 Å². The molecular weight excluding hydrogens is 394 g/mol. The van der Waals surface area contributed by atoms with Gasteiger partial charge >= 0.3 is 0 Å². The fraction of sp³-hybridized carbons (Fsp3) is 0.0714. The van der Waals surface area contributed by atoms with E-state index >= 15 is 0 Å². The minimum absolute atomic E-state index is 0.113. The summed E-state index contributed by atoms with van der Waals surface area (Å²) in [7, 11) is 0. The number of aromatic amines is 1. The lowest BCUT2D eigenvalue weighted by atomic mass is 9.90. The third kappa shape index (κ3) is 3.91. The highest BCUT2D eigenvalue weighted by Crippen LogP contribution is 2.30. The van der Waals surface area contributed by atoms with Gasteiger partial charge in [0.25, 0.3) is 0 Å². The molecule has 5 aromatic rings. The Kier molecular flexibility index (Phi) is 5.26. The van der Waals surface area contributed by atoms with E-state index in [0.29, 0.717) is 5.82 Å². The molecule has 0 spiro atoms. The first kappa shape index (κ1) is 19.8. The van der Waals surface area contributed by atoms with Crippen LogP contribution in [-0.4, -0.2) is 16.1 Å². The van der Waals surface area contributed by atoms with Crippen LogP contribution >= 0.6 is 0 Å². The molecule has 0 radical (unpaired) electrons. The number of aryl methyl sites for hydroxylation is 1. The standard InChI is InChI=1S/C28H23N3O/c1-19-12-14-20(15-13-19)23-16-17-24-25(18-23)30-31-27(24)29-28(32)26(21-8-4-2-5-9-21)22-10-6-3-7-11-22/h2-18,26H,1H3,(H2,29,30,31,32). The molecule has 0 saturated heterocycles. The minimum atomic E-state index is -0.420. The van der Waals surface area contributed by atoms with Crippen molar-refractivity contribution in [1.82, 2.24) is 10.2 Å². The van der Waals surface area contributed by atoms with E-state index in [1.807, 2.05) is 66.7 Å². The summed E-state index contributed by atoms with van der Waals surface area (Å²) in [4.78, 5) is 13.4. The predicted molar refractivity (Wildman–Crippen MR) is 130 cm³/mol. The van der Waals surface area contributed by atoms with Gasteiger partial charge in [0.1, 0.15) is 0 Å². The molecule has 5 rings (SSSR count). The smallest absolute Gasteiger partial charge is 0.237 e. The molecule has 0 aliphatic carbocycles. The van der Waals surface area contributed by atoms with Crippen LogP contribution in [0.4, 0.5) is 5.82 Å². The van der Waals surface area contributed by atoms with Gasteiger partial charge in [0, 0.05) is 5.39 Å². The van der Waals surface area contributed by atoms with E-state index in [4.69, 9.17) is 0 Å². The Balaban J connectivity index is 1.46. The van der Waals surface area contributed by atoms with Crippen molar-refractivity contribution in [2.45, 2.75) is 12.8 Å². The second-order valence-corrected chi connectivity index (χ2v) is 7.94. The van der Waals surface area contributed by atoms with Gasteiger partial charge in [-0.2, -0.15) is 5.10 Å². The molecule has 0 unspecified atom stereocenters. The van der Waals surface area contributed by atoms with Crippen molar-refractivity contribution < 1.29 is 4.79 Å². The predicted octanol–water partition coefficient (Wildman–Crippen LogP) is 6.31.